The minimum absolute atomic E-state index is 0.0180. The van der Waals surface area contributed by atoms with Crippen LogP contribution in [0.25, 0.3) is 5.78 Å². The van der Waals surface area contributed by atoms with Gasteiger partial charge in [-0.2, -0.15) is 4.98 Å². The first kappa shape index (κ1) is 23.7. The van der Waals surface area contributed by atoms with Crippen LogP contribution in [0.15, 0.2) is 29.4 Å². The van der Waals surface area contributed by atoms with E-state index in [-0.39, 0.29) is 5.91 Å². The molecular weight excluding hydrogens is 432 g/mol. The van der Waals surface area contributed by atoms with E-state index in [1.165, 1.54) is 42.2 Å². The number of nitrogens with zero attached hydrogens (tertiary/aromatic N) is 5. The number of benzene rings is 1. The van der Waals surface area contributed by atoms with Crippen LogP contribution in [0.2, 0.25) is 0 Å². The van der Waals surface area contributed by atoms with Crippen LogP contribution in [-0.2, 0) is 11.2 Å². The standard InChI is InChI=1S/C25H34N6OS/c1-17-8-10-21(11-9-17)15-22-19(3)27-24-28-25(29-31(24)20(22)4)33-16-23(32)26-12-14-30-13-6-5-7-18(30)2/h8-11,18H,5-7,12-16H2,1-4H3,(H,26,32). The lowest BCUT2D eigenvalue weighted by molar-refractivity contribution is -0.118. The summed E-state index contributed by atoms with van der Waals surface area (Å²) in [5.41, 5.74) is 5.67. The highest BCUT2D eigenvalue weighted by Crippen LogP contribution is 2.21. The fraction of sp³-hybridized carbons (Fsp3) is 0.520. The number of piperidine rings is 1. The maximum Gasteiger partial charge on any atom is 0.253 e. The first-order chi connectivity index (χ1) is 15.9. The van der Waals surface area contributed by atoms with Gasteiger partial charge in [-0.05, 0) is 58.2 Å². The van der Waals surface area contributed by atoms with Gasteiger partial charge >= 0.3 is 0 Å². The molecule has 1 N–H and O–H groups in total. The van der Waals surface area contributed by atoms with Crippen LogP contribution in [0, 0.1) is 20.8 Å². The molecule has 1 unspecified atom stereocenters. The van der Waals surface area contributed by atoms with Crippen molar-refractivity contribution >= 4 is 23.4 Å². The lowest BCUT2D eigenvalue weighted by Gasteiger charge is -2.33. The summed E-state index contributed by atoms with van der Waals surface area (Å²) in [5, 5.41) is 8.24. The van der Waals surface area contributed by atoms with Crippen molar-refractivity contribution in [3.05, 3.63) is 52.3 Å². The van der Waals surface area contributed by atoms with Crippen LogP contribution in [-0.4, -0.2) is 61.8 Å². The number of aryl methyl sites for hydroxylation is 3. The summed E-state index contributed by atoms with van der Waals surface area (Å²) < 4.78 is 1.80. The van der Waals surface area contributed by atoms with E-state index < -0.39 is 0 Å². The SMILES string of the molecule is Cc1ccc(Cc2c(C)nc3nc(SCC(=O)NCCN4CCCCC4C)nn3c2C)cc1. The van der Waals surface area contributed by atoms with Crippen molar-refractivity contribution in [3.63, 3.8) is 0 Å². The van der Waals surface area contributed by atoms with E-state index >= 15 is 0 Å². The highest BCUT2D eigenvalue weighted by Gasteiger charge is 2.18. The topological polar surface area (TPSA) is 75.4 Å². The Morgan fingerprint density at radius 3 is 2.70 bits per heavy atom. The number of hydrogen-bond donors (Lipinski definition) is 1. The van der Waals surface area contributed by atoms with Crippen LogP contribution in [0.3, 0.4) is 0 Å². The number of hydrogen-bond acceptors (Lipinski definition) is 6. The molecular formula is C25H34N6OS. The summed E-state index contributed by atoms with van der Waals surface area (Å²) in [6.07, 6.45) is 4.63. The van der Waals surface area contributed by atoms with Crippen LogP contribution < -0.4 is 5.32 Å². The number of amides is 1. The Kier molecular flexibility index (Phi) is 7.65. The number of nitrogens with one attached hydrogen (secondary N) is 1. The molecule has 0 spiro atoms. The zero-order chi connectivity index (χ0) is 23.4. The average Bonchev–Trinajstić information content (AvgIpc) is 3.21. The number of aromatic nitrogens is 4. The Morgan fingerprint density at radius 1 is 1.15 bits per heavy atom. The number of likely N-dealkylation sites (tertiary alicyclic amines) is 1. The van der Waals surface area contributed by atoms with E-state index in [4.69, 9.17) is 0 Å². The van der Waals surface area contributed by atoms with Crippen molar-refractivity contribution in [3.8, 4) is 0 Å². The molecule has 1 aromatic carbocycles. The van der Waals surface area contributed by atoms with Crippen molar-refractivity contribution in [1.29, 1.82) is 0 Å². The van der Waals surface area contributed by atoms with Gasteiger partial charge in [0.05, 0.1) is 5.75 Å². The fourth-order valence-electron chi connectivity index (χ4n) is 4.43. The third kappa shape index (κ3) is 5.92. The van der Waals surface area contributed by atoms with Crippen molar-refractivity contribution in [2.75, 3.05) is 25.4 Å². The van der Waals surface area contributed by atoms with Crippen LogP contribution in [0.5, 0.6) is 0 Å². The van der Waals surface area contributed by atoms with Gasteiger partial charge in [-0.15, -0.1) is 5.10 Å². The lowest BCUT2D eigenvalue weighted by Crippen LogP contribution is -2.42. The molecule has 4 rings (SSSR count). The zero-order valence-corrected chi connectivity index (χ0v) is 20.9. The number of fused-ring (bicyclic) bond motifs is 1. The number of rotatable bonds is 8. The summed E-state index contributed by atoms with van der Waals surface area (Å²) in [4.78, 5) is 24.0. The molecule has 1 aliphatic heterocycles. The molecule has 1 aliphatic rings. The van der Waals surface area contributed by atoms with E-state index in [9.17, 15) is 4.79 Å². The van der Waals surface area contributed by atoms with E-state index in [0.717, 1.165) is 36.5 Å². The quantitative estimate of drug-likeness (QED) is 0.510. The highest BCUT2D eigenvalue weighted by atomic mass is 32.2. The third-order valence-corrected chi connectivity index (χ3v) is 7.36. The predicted octanol–water partition coefficient (Wildman–Crippen LogP) is 3.72. The summed E-state index contributed by atoms with van der Waals surface area (Å²) in [6.45, 7) is 11.2. The van der Waals surface area contributed by atoms with Crippen molar-refractivity contribution < 1.29 is 4.79 Å². The van der Waals surface area contributed by atoms with Gasteiger partial charge in [0, 0.05) is 36.9 Å². The third-order valence-electron chi connectivity index (χ3n) is 6.53. The summed E-state index contributed by atoms with van der Waals surface area (Å²) >= 11 is 1.36. The first-order valence-electron chi connectivity index (χ1n) is 11.8. The van der Waals surface area contributed by atoms with Crippen molar-refractivity contribution in [2.45, 2.75) is 64.6 Å². The lowest BCUT2D eigenvalue weighted by atomic mass is 10.0. The Balaban J connectivity index is 1.35. The van der Waals surface area contributed by atoms with Gasteiger partial charge in [-0.1, -0.05) is 48.0 Å². The smallest absolute Gasteiger partial charge is 0.253 e. The molecule has 1 saturated heterocycles. The number of carbonyl (C=O) groups excluding carboxylic acids is 1. The Morgan fingerprint density at radius 2 is 1.94 bits per heavy atom. The van der Waals surface area contributed by atoms with Gasteiger partial charge < -0.3 is 5.32 Å². The maximum atomic E-state index is 12.3. The van der Waals surface area contributed by atoms with Crippen molar-refractivity contribution in [1.82, 2.24) is 29.8 Å². The second-order valence-corrected chi connectivity index (χ2v) is 9.99. The van der Waals surface area contributed by atoms with Gasteiger partial charge in [-0.25, -0.2) is 9.50 Å². The molecule has 0 aliphatic carbocycles. The highest BCUT2D eigenvalue weighted by molar-refractivity contribution is 7.99. The largest absolute Gasteiger partial charge is 0.354 e. The predicted molar refractivity (Wildman–Crippen MR) is 133 cm³/mol. The Labute approximate surface area is 200 Å². The number of carbonyl (C=O) groups is 1. The van der Waals surface area contributed by atoms with Crippen LogP contribution in [0.4, 0.5) is 0 Å². The molecule has 7 nitrogen and oxygen atoms in total. The van der Waals surface area contributed by atoms with E-state index in [2.05, 4.69) is 70.3 Å². The van der Waals surface area contributed by atoms with Crippen LogP contribution in [0.1, 0.15) is 54.3 Å². The number of thioether (sulfide) groups is 1. The molecule has 176 valence electrons. The van der Waals surface area contributed by atoms with E-state index in [1.807, 2.05) is 6.92 Å². The fourth-order valence-corrected chi connectivity index (χ4v) is 5.07. The van der Waals surface area contributed by atoms with E-state index in [0.29, 0.717) is 29.3 Å². The van der Waals surface area contributed by atoms with Gasteiger partial charge in [0.25, 0.3) is 5.78 Å². The summed E-state index contributed by atoms with van der Waals surface area (Å²) in [5.74, 6) is 0.907. The van der Waals surface area contributed by atoms with E-state index in [1.54, 1.807) is 4.52 Å². The second kappa shape index (κ2) is 10.7. The molecule has 0 radical (unpaired) electrons. The molecule has 0 bridgehead atoms. The molecule has 2 aromatic heterocycles. The maximum absolute atomic E-state index is 12.3. The molecule has 3 aromatic rings. The first-order valence-corrected chi connectivity index (χ1v) is 12.8. The van der Waals surface area contributed by atoms with Gasteiger partial charge in [0.15, 0.2) is 0 Å². The summed E-state index contributed by atoms with van der Waals surface area (Å²) in [6, 6.07) is 9.20. The molecule has 0 saturated carbocycles. The minimum Gasteiger partial charge on any atom is -0.354 e. The average molecular weight is 467 g/mol. The molecule has 3 heterocycles. The molecule has 33 heavy (non-hydrogen) atoms. The Hall–Kier alpha value is -2.45. The van der Waals surface area contributed by atoms with Gasteiger partial charge in [0.2, 0.25) is 11.1 Å². The van der Waals surface area contributed by atoms with Crippen molar-refractivity contribution in [2.24, 2.45) is 0 Å². The second-order valence-electron chi connectivity index (χ2n) is 9.05. The Bertz CT molecular complexity index is 1110. The summed E-state index contributed by atoms with van der Waals surface area (Å²) in [7, 11) is 0. The van der Waals surface area contributed by atoms with Crippen LogP contribution >= 0.6 is 11.8 Å². The molecule has 1 fully saturated rings. The molecule has 1 amide bonds. The minimum atomic E-state index is 0.0180. The molecule has 8 heteroatoms. The molecule has 1 atom stereocenters. The van der Waals surface area contributed by atoms with Gasteiger partial charge in [-0.3, -0.25) is 9.69 Å². The van der Waals surface area contributed by atoms with Gasteiger partial charge in [0.1, 0.15) is 0 Å². The monoisotopic (exact) mass is 466 g/mol. The zero-order valence-electron chi connectivity index (χ0n) is 20.1. The normalized spacial score (nSPS) is 16.9.